The topological polar surface area (TPSA) is 51.2 Å². The van der Waals surface area contributed by atoms with Crippen molar-refractivity contribution in [2.24, 2.45) is 5.92 Å². The van der Waals surface area contributed by atoms with Crippen LogP contribution in [-0.4, -0.2) is 24.1 Å². The van der Waals surface area contributed by atoms with Gasteiger partial charge in [0.1, 0.15) is 0 Å². The average Bonchev–Trinajstić information content (AvgIpc) is 2.62. The van der Waals surface area contributed by atoms with E-state index in [1.807, 2.05) is 48.5 Å². The van der Waals surface area contributed by atoms with E-state index >= 15 is 0 Å². The number of hydrogen-bond donors (Lipinski definition) is 1. The molecule has 1 aromatic carbocycles. The van der Waals surface area contributed by atoms with E-state index in [9.17, 15) is 4.79 Å². The smallest absolute Gasteiger partial charge is 0.224 e. The van der Waals surface area contributed by atoms with Gasteiger partial charge in [-0.3, -0.25) is 9.78 Å². The van der Waals surface area contributed by atoms with Crippen molar-refractivity contribution in [1.29, 1.82) is 0 Å². The Morgan fingerprint density at radius 2 is 1.82 bits per heavy atom. The predicted octanol–water partition coefficient (Wildman–Crippen LogP) is 2.71. The average molecular weight is 296 g/mol. The van der Waals surface area contributed by atoms with Crippen LogP contribution in [0.3, 0.4) is 0 Å². The first-order chi connectivity index (χ1) is 10.8. The normalized spacial score (nSPS) is 16.9. The number of benzene rings is 1. The summed E-state index contributed by atoms with van der Waals surface area (Å²) in [6.45, 7) is 1.33. The summed E-state index contributed by atoms with van der Waals surface area (Å²) < 4.78 is 5.33. The highest BCUT2D eigenvalue weighted by atomic mass is 16.5. The molecule has 0 unspecified atom stereocenters. The number of nitrogens with zero attached hydrogens (tertiary/aromatic N) is 1. The summed E-state index contributed by atoms with van der Waals surface area (Å²) in [6.07, 6.45) is 3.33. The molecule has 1 amide bonds. The Balaban J connectivity index is 1.81. The molecule has 2 aromatic rings. The number of carbonyl (C=O) groups excluding carboxylic acids is 1. The number of nitrogens with one attached hydrogen (secondary N) is 1. The summed E-state index contributed by atoms with van der Waals surface area (Å²) in [5, 5.41) is 3.16. The van der Waals surface area contributed by atoms with Crippen molar-refractivity contribution in [2.75, 3.05) is 13.2 Å². The molecule has 1 aliphatic rings. The summed E-state index contributed by atoms with van der Waals surface area (Å²) in [5.41, 5.74) is 1.90. The van der Waals surface area contributed by atoms with Gasteiger partial charge in [0.25, 0.3) is 0 Å². The van der Waals surface area contributed by atoms with Crippen molar-refractivity contribution < 1.29 is 9.53 Å². The molecular formula is C18H20N2O2. The predicted molar refractivity (Wildman–Crippen MR) is 84.2 cm³/mol. The van der Waals surface area contributed by atoms with Gasteiger partial charge >= 0.3 is 0 Å². The molecule has 1 atom stereocenters. The maximum Gasteiger partial charge on any atom is 0.224 e. The van der Waals surface area contributed by atoms with Gasteiger partial charge in [0.2, 0.25) is 5.91 Å². The standard InChI is InChI=1S/C18H20N2O2/c21-18(15-9-12-22-13-10-15)20-17(14-6-2-1-3-7-14)16-8-4-5-11-19-16/h1-8,11,15,17H,9-10,12-13H2,(H,20,21)/t17-/m0/s1. The molecule has 3 rings (SSSR count). The van der Waals surface area contributed by atoms with Crippen molar-refractivity contribution in [3.8, 4) is 0 Å². The fraction of sp³-hybridized carbons (Fsp3) is 0.333. The maximum atomic E-state index is 12.6. The molecule has 0 spiro atoms. The number of amides is 1. The zero-order chi connectivity index (χ0) is 15.2. The number of ether oxygens (including phenoxy) is 1. The van der Waals surface area contributed by atoms with Gasteiger partial charge < -0.3 is 10.1 Å². The lowest BCUT2D eigenvalue weighted by atomic mass is 9.97. The highest BCUT2D eigenvalue weighted by molar-refractivity contribution is 5.79. The van der Waals surface area contributed by atoms with Crippen LogP contribution in [0.2, 0.25) is 0 Å². The van der Waals surface area contributed by atoms with Crippen molar-refractivity contribution in [1.82, 2.24) is 10.3 Å². The Morgan fingerprint density at radius 3 is 2.50 bits per heavy atom. The van der Waals surface area contributed by atoms with E-state index in [0.717, 1.165) is 24.1 Å². The van der Waals surface area contributed by atoms with Crippen molar-refractivity contribution in [2.45, 2.75) is 18.9 Å². The Bertz CT molecular complexity index is 555. The first-order valence-corrected chi connectivity index (χ1v) is 7.68. The molecule has 4 nitrogen and oxygen atoms in total. The fourth-order valence-corrected chi connectivity index (χ4v) is 2.74. The summed E-state index contributed by atoms with van der Waals surface area (Å²) >= 11 is 0. The summed E-state index contributed by atoms with van der Waals surface area (Å²) in [4.78, 5) is 17.0. The largest absolute Gasteiger partial charge is 0.381 e. The van der Waals surface area contributed by atoms with Gasteiger partial charge in [-0.1, -0.05) is 36.4 Å². The first kappa shape index (κ1) is 14.7. The van der Waals surface area contributed by atoms with Crippen LogP contribution < -0.4 is 5.32 Å². The van der Waals surface area contributed by atoms with Crippen molar-refractivity contribution in [3.05, 3.63) is 66.0 Å². The van der Waals surface area contributed by atoms with E-state index in [-0.39, 0.29) is 17.9 Å². The molecule has 1 saturated heterocycles. The number of rotatable bonds is 4. The lowest BCUT2D eigenvalue weighted by Gasteiger charge is -2.25. The highest BCUT2D eigenvalue weighted by Gasteiger charge is 2.25. The van der Waals surface area contributed by atoms with Crippen molar-refractivity contribution in [3.63, 3.8) is 0 Å². The van der Waals surface area contributed by atoms with Crippen LogP contribution in [0.15, 0.2) is 54.7 Å². The van der Waals surface area contributed by atoms with E-state index in [0.29, 0.717) is 13.2 Å². The van der Waals surface area contributed by atoms with E-state index < -0.39 is 0 Å². The third-order valence-corrected chi connectivity index (χ3v) is 4.00. The van der Waals surface area contributed by atoms with Crippen LogP contribution in [0.25, 0.3) is 0 Å². The van der Waals surface area contributed by atoms with E-state index in [1.54, 1.807) is 6.20 Å². The van der Waals surface area contributed by atoms with Gasteiger partial charge in [0, 0.05) is 25.3 Å². The molecule has 0 saturated carbocycles. The van der Waals surface area contributed by atoms with E-state index in [4.69, 9.17) is 4.74 Å². The number of aromatic nitrogens is 1. The molecule has 0 bridgehead atoms. The Morgan fingerprint density at radius 1 is 1.09 bits per heavy atom. The third-order valence-electron chi connectivity index (χ3n) is 4.00. The molecule has 4 heteroatoms. The van der Waals surface area contributed by atoms with Crippen LogP contribution >= 0.6 is 0 Å². The SMILES string of the molecule is O=C(N[C@@H](c1ccccc1)c1ccccn1)C1CCOCC1. The molecule has 0 aliphatic carbocycles. The zero-order valence-corrected chi connectivity index (χ0v) is 12.4. The van der Waals surface area contributed by atoms with Gasteiger partial charge in [-0.2, -0.15) is 0 Å². The molecule has 1 N–H and O–H groups in total. The molecule has 0 radical (unpaired) electrons. The van der Waals surface area contributed by atoms with Crippen LogP contribution in [0.5, 0.6) is 0 Å². The lowest BCUT2D eigenvalue weighted by Crippen LogP contribution is -2.37. The monoisotopic (exact) mass is 296 g/mol. The van der Waals surface area contributed by atoms with Crippen LogP contribution in [0.4, 0.5) is 0 Å². The number of pyridine rings is 1. The van der Waals surface area contributed by atoms with Gasteiger partial charge in [-0.15, -0.1) is 0 Å². The Kier molecular flexibility index (Phi) is 4.81. The van der Waals surface area contributed by atoms with E-state index in [2.05, 4.69) is 10.3 Å². The first-order valence-electron chi connectivity index (χ1n) is 7.68. The van der Waals surface area contributed by atoms with Crippen molar-refractivity contribution >= 4 is 5.91 Å². The second kappa shape index (κ2) is 7.18. The molecule has 114 valence electrons. The second-order valence-electron chi connectivity index (χ2n) is 5.49. The Labute approximate surface area is 130 Å². The van der Waals surface area contributed by atoms with Gasteiger partial charge in [-0.05, 0) is 30.5 Å². The minimum Gasteiger partial charge on any atom is -0.381 e. The van der Waals surface area contributed by atoms with Crippen LogP contribution in [0.1, 0.15) is 30.1 Å². The molecule has 1 aromatic heterocycles. The summed E-state index contributed by atoms with van der Waals surface area (Å²) in [5.74, 6) is 0.117. The van der Waals surface area contributed by atoms with E-state index in [1.165, 1.54) is 0 Å². The van der Waals surface area contributed by atoms with Crippen LogP contribution in [0, 0.1) is 5.92 Å². The molecule has 2 heterocycles. The number of carbonyl (C=O) groups is 1. The maximum absolute atomic E-state index is 12.6. The molecular weight excluding hydrogens is 276 g/mol. The Hall–Kier alpha value is -2.20. The molecule has 1 aliphatic heterocycles. The fourth-order valence-electron chi connectivity index (χ4n) is 2.74. The quantitative estimate of drug-likeness (QED) is 0.944. The summed E-state index contributed by atoms with van der Waals surface area (Å²) in [7, 11) is 0. The number of hydrogen-bond acceptors (Lipinski definition) is 3. The second-order valence-corrected chi connectivity index (χ2v) is 5.49. The van der Waals surface area contributed by atoms with Crippen LogP contribution in [-0.2, 0) is 9.53 Å². The molecule has 1 fully saturated rings. The minimum absolute atomic E-state index is 0.0312. The van der Waals surface area contributed by atoms with Gasteiger partial charge in [-0.25, -0.2) is 0 Å². The third kappa shape index (κ3) is 3.52. The highest BCUT2D eigenvalue weighted by Crippen LogP contribution is 2.22. The lowest BCUT2D eigenvalue weighted by molar-refractivity contribution is -0.128. The van der Waals surface area contributed by atoms with Gasteiger partial charge in [0.15, 0.2) is 0 Å². The molecule has 22 heavy (non-hydrogen) atoms. The summed E-state index contributed by atoms with van der Waals surface area (Å²) in [6, 6.07) is 15.5. The minimum atomic E-state index is -0.210. The zero-order valence-electron chi connectivity index (χ0n) is 12.4. The van der Waals surface area contributed by atoms with Gasteiger partial charge in [0.05, 0.1) is 11.7 Å².